The summed E-state index contributed by atoms with van der Waals surface area (Å²) in [6, 6.07) is 10.5. The van der Waals surface area contributed by atoms with Gasteiger partial charge in [0.1, 0.15) is 0 Å². The van der Waals surface area contributed by atoms with Gasteiger partial charge in [0.2, 0.25) is 0 Å². The van der Waals surface area contributed by atoms with Crippen molar-refractivity contribution in [2.45, 2.75) is 31.6 Å². The second-order valence-corrected chi connectivity index (χ2v) is 5.18. The Morgan fingerprint density at radius 2 is 1.95 bits per heavy atom. The number of imidazole rings is 1. The van der Waals surface area contributed by atoms with Crippen LogP contribution in [0.25, 0.3) is 0 Å². The van der Waals surface area contributed by atoms with E-state index in [1.807, 2.05) is 23.2 Å². The lowest BCUT2D eigenvalue weighted by Crippen LogP contribution is -2.35. The van der Waals surface area contributed by atoms with Gasteiger partial charge < -0.3 is 14.0 Å². The van der Waals surface area contributed by atoms with Crippen LogP contribution in [0, 0.1) is 0 Å². The molecule has 0 spiro atoms. The summed E-state index contributed by atoms with van der Waals surface area (Å²) in [6.45, 7) is 2.07. The van der Waals surface area contributed by atoms with Crippen LogP contribution in [0.3, 0.4) is 0 Å². The summed E-state index contributed by atoms with van der Waals surface area (Å²) >= 11 is 0. The number of nitrogens with zero attached hydrogens (tertiary/aromatic N) is 2. The van der Waals surface area contributed by atoms with Crippen LogP contribution in [0.15, 0.2) is 49.1 Å². The molecular weight excluding hydrogens is 252 g/mol. The molecule has 3 rings (SSSR count). The van der Waals surface area contributed by atoms with Gasteiger partial charge in [-0.15, -0.1) is 0 Å². The Morgan fingerprint density at radius 1 is 1.15 bits per heavy atom. The topological polar surface area (TPSA) is 36.3 Å². The normalized spacial score (nSPS) is 17.4. The maximum absolute atomic E-state index is 5.88. The molecule has 0 N–H and O–H groups in total. The third kappa shape index (κ3) is 3.26. The van der Waals surface area contributed by atoms with Crippen molar-refractivity contribution in [1.29, 1.82) is 0 Å². The summed E-state index contributed by atoms with van der Waals surface area (Å²) in [4.78, 5) is 4.08. The third-order valence-electron chi connectivity index (χ3n) is 3.66. The van der Waals surface area contributed by atoms with E-state index in [1.54, 1.807) is 6.20 Å². The van der Waals surface area contributed by atoms with Crippen molar-refractivity contribution in [3.05, 3.63) is 54.6 Å². The van der Waals surface area contributed by atoms with E-state index >= 15 is 0 Å². The van der Waals surface area contributed by atoms with E-state index in [2.05, 4.69) is 29.2 Å². The zero-order chi connectivity index (χ0) is 13.7. The van der Waals surface area contributed by atoms with Gasteiger partial charge in [0.15, 0.2) is 5.79 Å². The monoisotopic (exact) mass is 272 g/mol. The minimum Gasteiger partial charge on any atom is -0.346 e. The molecule has 2 aromatic rings. The molecular formula is C16H20N2O2. The standard InChI is InChI=1S/C16H20N2O2/c1-2-5-15(6-3-1)7-4-8-16(19-11-12-20-16)13-18-10-9-17-14-18/h1-3,5-6,9-10,14H,4,7-8,11-13H2. The first-order chi connectivity index (χ1) is 9.86. The number of hydrogen-bond acceptors (Lipinski definition) is 3. The predicted octanol–water partition coefficient (Wildman–Crippen LogP) is 2.65. The first kappa shape index (κ1) is 13.3. The summed E-state index contributed by atoms with van der Waals surface area (Å²) in [5, 5.41) is 0. The summed E-state index contributed by atoms with van der Waals surface area (Å²) in [5.74, 6) is -0.477. The summed E-state index contributed by atoms with van der Waals surface area (Å²) < 4.78 is 13.8. The zero-order valence-corrected chi connectivity index (χ0v) is 11.6. The van der Waals surface area contributed by atoms with Crippen molar-refractivity contribution in [2.75, 3.05) is 13.2 Å². The Labute approximate surface area is 119 Å². The van der Waals surface area contributed by atoms with Crippen molar-refractivity contribution in [3.8, 4) is 0 Å². The Bertz CT molecular complexity index is 505. The average Bonchev–Trinajstić information content (AvgIpc) is 3.13. The largest absolute Gasteiger partial charge is 0.346 e. The van der Waals surface area contributed by atoms with E-state index < -0.39 is 5.79 Å². The van der Waals surface area contributed by atoms with Gasteiger partial charge >= 0.3 is 0 Å². The van der Waals surface area contributed by atoms with Crippen LogP contribution in [0.4, 0.5) is 0 Å². The van der Waals surface area contributed by atoms with E-state index in [1.165, 1.54) is 5.56 Å². The number of rotatable bonds is 6. The molecule has 4 nitrogen and oxygen atoms in total. The van der Waals surface area contributed by atoms with Crippen LogP contribution >= 0.6 is 0 Å². The summed E-state index contributed by atoms with van der Waals surface area (Å²) in [6.07, 6.45) is 8.55. The lowest BCUT2D eigenvalue weighted by Gasteiger charge is -2.27. The van der Waals surface area contributed by atoms with Crippen molar-refractivity contribution < 1.29 is 9.47 Å². The first-order valence-corrected chi connectivity index (χ1v) is 7.14. The molecule has 1 aromatic heterocycles. The van der Waals surface area contributed by atoms with Crippen LogP contribution in [-0.2, 0) is 22.4 Å². The smallest absolute Gasteiger partial charge is 0.186 e. The molecule has 0 saturated carbocycles. The minimum atomic E-state index is -0.477. The Kier molecular flexibility index (Phi) is 4.14. The van der Waals surface area contributed by atoms with E-state index in [-0.39, 0.29) is 0 Å². The van der Waals surface area contributed by atoms with E-state index in [0.29, 0.717) is 19.8 Å². The molecule has 1 fully saturated rings. The molecule has 106 valence electrons. The molecule has 0 aliphatic carbocycles. The lowest BCUT2D eigenvalue weighted by molar-refractivity contribution is -0.172. The van der Waals surface area contributed by atoms with Crippen LogP contribution in [0.1, 0.15) is 18.4 Å². The fourth-order valence-corrected chi connectivity index (χ4v) is 2.68. The highest BCUT2D eigenvalue weighted by molar-refractivity contribution is 5.14. The number of hydrogen-bond donors (Lipinski definition) is 0. The number of aromatic nitrogens is 2. The highest BCUT2D eigenvalue weighted by atomic mass is 16.7. The van der Waals surface area contributed by atoms with Crippen molar-refractivity contribution in [1.82, 2.24) is 9.55 Å². The van der Waals surface area contributed by atoms with Crippen LogP contribution in [0.5, 0.6) is 0 Å². The Hall–Kier alpha value is -1.65. The molecule has 20 heavy (non-hydrogen) atoms. The predicted molar refractivity (Wildman–Crippen MR) is 76.2 cm³/mol. The Balaban J connectivity index is 1.57. The van der Waals surface area contributed by atoms with Gasteiger partial charge in [-0.25, -0.2) is 4.98 Å². The number of ether oxygens (including phenoxy) is 2. The SMILES string of the molecule is c1ccc(CCCC2(Cn3ccnc3)OCCO2)cc1. The molecule has 0 radical (unpaired) electrons. The maximum atomic E-state index is 5.88. The van der Waals surface area contributed by atoms with Crippen LogP contribution < -0.4 is 0 Å². The molecule has 1 aromatic carbocycles. The zero-order valence-electron chi connectivity index (χ0n) is 11.6. The molecule has 2 heterocycles. The van der Waals surface area contributed by atoms with Crippen LogP contribution in [-0.4, -0.2) is 28.6 Å². The fraction of sp³-hybridized carbons (Fsp3) is 0.438. The lowest BCUT2D eigenvalue weighted by atomic mass is 10.0. The van der Waals surface area contributed by atoms with Crippen molar-refractivity contribution in [3.63, 3.8) is 0 Å². The van der Waals surface area contributed by atoms with Gasteiger partial charge in [0.05, 0.1) is 26.1 Å². The van der Waals surface area contributed by atoms with E-state index in [9.17, 15) is 0 Å². The van der Waals surface area contributed by atoms with Gasteiger partial charge in [0.25, 0.3) is 0 Å². The van der Waals surface area contributed by atoms with Gasteiger partial charge in [-0.1, -0.05) is 30.3 Å². The second-order valence-electron chi connectivity index (χ2n) is 5.18. The Morgan fingerprint density at radius 3 is 2.65 bits per heavy atom. The molecule has 0 atom stereocenters. The van der Waals surface area contributed by atoms with Gasteiger partial charge in [-0.05, 0) is 18.4 Å². The summed E-state index contributed by atoms with van der Waals surface area (Å²) in [5.41, 5.74) is 1.36. The summed E-state index contributed by atoms with van der Waals surface area (Å²) in [7, 11) is 0. The highest BCUT2D eigenvalue weighted by Gasteiger charge is 2.36. The van der Waals surface area contributed by atoms with Gasteiger partial charge in [-0.3, -0.25) is 0 Å². The van der Waals surface area contributed by atoms with Crippen molar-refractivity contribution in [2.24, 2.45) is 0 Å². The average molecular weight is 272 g/mol. The van der Waals surface area contributed by atoms with Gasteiger partial charge in [0, 0.05) is 18.8 Å². The molecule has 0 bridgehead atoms. The third-order valence-corrected chi connectivity index (χ3v) is 3.66. The quantitative estimate of drug-likeness (QED) is 0.811. The maximum Gasteiger partial charge on any atom is 0.186 e. The second kappa shape index (κ2) is 6.20. The van der Waals surface area contributed by atoms with Gasteiger partial charge in [-0.2, -0.15) is 0 Å². The van der Waals surface area contributed by atoms with Crippen molar-refractivity contribution >= 4 is 0 Å². The highest BCUT2D eigenvalue weighted by Crippen LogP contribution is 2.27. The fourth-order valence-electron chi connectivity index (χ4n) is 2.68. The minimum absolute atomic E-state index is 0.477. The number of aryl methyl sites for hydroxylation is 1. The first-order valence-electron chi connectivity index (χ1n) is 7.14. The molecule has 0 amide bonds. The molecule has 1 aliphatic rings. The van der Waals surface area contributed by atoms with E-state index in [0.717, 1.165) is 19.3 Å². The number of benzene rings is 1. The molecule has 1 aliphatic heterocycles. The molecule has 0 unspecified atom stereocenters. The molecule has 4 heteroatoms. The van der Waals surface area contributed by atoms with E-state index in [4.69, 9.17) is 9.47 Å². The van der Waals surface area contributed by atoms with Crippen LogP contribution in [0.2, 0.25) is 0 Å². The molecule has 1 saturated heterocycles.